The quantitative estimate of drug-likeness (QED) is 0.520. The third-order valence-corrected chi connectivity index (χ3v) is 5.18. The minimum Gasteiger partial charge on any atom is -0.267 e. The zero-order valence-corrected chi connectivity index (χ0v) is 15.1. The van der Waals surface area contributed by atoms with Crippen molar-refractivity contribution in [3.05, 3.63) is 79.0 Å². The molecule has 4 nitrogen and oxygen atoms in total. The van der Waals surface area contributed by atoms with Gasteiger partial charge in [0.1, 0.15) is 0 Å². The summed E-state index contributed by atoms with van der Waals surface area (Å²) in [5.74, 6) is 0.588. The van der Waals surface area contributed by atoms with Crippen molar-refractivity contribution >= 4 is 38.3 Å². The average molecular weight is 398 g/mol. The van der Waals surface area contributed by atoms with E-state index in [9.17, 15) is 4.79 Å². The lowest BCUT2D eigenvalue weighted by atomic mass is 10.1. The first-order chi connectivity index (χ1) is 11.6. The number of nitrogens with zero attached hydrogens (tertiary/aromatic N) is 3. The summed E-state index contributed by atoms with van der Waals surface area (Å²) in [5.41, 5.74) is 2.91. The van der Waals surface area contributed by atoms with Crippen LogP contribution < -0.4 is 10.1 Å². The number of thiazole rings is 1. The molecule has 0 N–H and O–H groups in total. The molecule has 0 atom stereocenters. The second-order valence-electron chi connectivity index (χ2n) is 5.48. The van der Waals surface area contributed by atoms with Crippen molar-refractivity contribution in [2.24, 2.45) is 0 Å². The molecule has 0 saturated heterocycles. The van der Waals surface area contributed by atoms with Crippen molar-refractivity contribution in [2.45, 2.75) is 6.92 Å². The highest BCUT2D eigenvalue weighted by atomic mass is 79.9. The SMILES string of the molecule is Cc1cccc(-c2nnc3s/c(=C\c4ccc(Br)cc4)c(=O)n23)c1. The maximum atomic E-state index is 12.8. The van der Waals surface area contributed by atoms with Gasteiger partial charge in [0.05, 0.1) is 4.53 Å². The second kappa shape index (κ2) is 5.96. The van der Waals surface area contributed by atoms with Crippen LogP contribution in [0.2, 0.25) is 0 Å². The molecule has 0 aliphatic carbocycles. The summed E-state index contributed by atoms with van der Waals surface area (Å²) in [7, 11) is 0. The van der Waals surface area contributed by atoms with Crippen LogP contribution in [0.3, 0.4) is 0 Å². The Hall–Kier alpha value is -2.31. The molecule has 0 spiro atoms. The first-order valence-corrected chi connectivity index (χ1v) is 8.95. The van der Waals surface area contributed by atoms with Crippen LogP contribution in [0.25, 0.3) is 22.4 Å². The molecule has 2 aromatic carbocycles. The minimum absolute atomic E-state index is 0.0839. The molecule has 0 saturated carbocycles. The van der Waals surface area contributed by atoms with Gasteiger partial charge in [-0.15, -0.1) is 10.2 Å². The predicted molar refractivity (Wildman–Crippen MR) is 100 cm³/mol. The van der Waals surface area contributed by atoms with Crippen molar-refractivity contribution in [3.8, 4) is 11.4 Å². The van der Waals surface area contributed by atoms with Gasteiger partial charge in [-0.1, -0.05) is 63.2 Å². The third kappa shape index (κ3) is 2.68. The summed E-state index contributed by atoms with van der Waals surface area (Å²) in [5, 5.41) is 8.36. The zero-order chi connectivity index (χ0) is 16.7. The average Bonchev–Trinajstić information content (AvgIpc) is 3.11. The Morgan fingerprint density at radius 2 is 1.92 bits per heavy atom. The fraction of sp³-hybridized carbons (Fsp3) is 0.0556. The third-order valence-electron chi connectivity index (χ3n) is 3.69. The number of hydrogen-bond acceptors (Lipinski definition) is 4. The van der Waals surface area contributed by atoms with E-state index >= 15 is 0 Å². The summed E-state index contributed by atoms with van der Waals surface area (Å²) in [6.45, 7) is 2.01. The van der Waals surface area contributed by atoms with Gasteiger partial charge in [0.2, 0.25) is 4.96 Å². The van der Waals surface area contributed by atoms with Crippen LogP contribution in [0.1, 0.15) is 11.1 Å². The molecule has 4 rings (SSSR count). The van der Waals surface area contributed by atoms with Crippen molar-refractivity contribution in [2.75, 3.05) is 0 Å². The fourth-order valence-corrected chi connectivity index (χ4v) is 3.72. The predicted octanol–water partition coefficient (Wildman–Crippen LogP) is 3.44. The van der Waals surface area contributed by atoms with Gasteiger partial charge in [-0.3, -0.25) is 4.79 Å². The van der Waals surface area contributed by atoms with Gasteiger partial charge in [0.25, 0.3) is 5.56 Å². The molecule has 0 amide bonds. The van der Waals surface area contributed by atoms with Crippen LogP contribution in [0.4, 0.5) is 0 Å². The molecule has 4 aromatic rings. The molecule has 0 fully saturated rings. The molecule has 2 aromatic heterocycles. The molecule has 0 aliphatic rings. The standard InChI is InChI=1S/C18H12BrN3OS/c1-11-3-2-4-13(9-11)16-20-21-18-22(16)17(23)15(24-18)10-12-5-7-14(19)8-6-12/h2-10H,1H3/b15-10-. The molecular weight excluding hydrogens is 386 g/mol. The van der Waals surface area contributed by atoms with Crippen LogP contribution in [0, 0.1) is 6.92 Å². The number of aromatic nitrogens is 3. The molecule has 118 valence electrons. The molecule has 0 radical (unpaired) electrons. The topological polar surface area (TPSA) is 47.3 Å². The molecule has 24 heavy (non-hydrogen) atoms. The lowest BCUT2D eigenvalue weighted by Gasteiger charge is -1.98. The van der Waals surface area contributed by atoms with E-state index in [-0.39, 0.29) is 5.56 Å². The van der Waals surface area contributed by atoms with Crippen LogP contribution in [0.5, 0.6) is 0 Å². The number of hydrogen-bond donors (Lipinski definition) is 0. The van der Waals surface area contributed by atoms with E-state index in [1.807, 2.05) is 61.5 Å². The smallest absolute Gasteiger partial charge is 0.267 e. The van der Waals surface area contributed by atoms with Crippen LogP contribution >= 0.6 is 27.3 Å². The van der Waals surface area contributed by atoms with Crippen molar-refractivity contribution in [1.82, 2.24) is 14.6 Å². The summed E-state index contributed by atoms with van der Waals surface area (Å²) in [4.78, 5) is 13.4. The van der Waals surface area contributed by atoms with Crippen molar-refractivity contribution in [1.29, 1.82) is 0 Å². The Bertz CT molecular complexity index is 1150. The largest absolute Gasteiger partial charge is 0.276 e. The zero-order valence-electron chi connectivity index (χ0n) is 12.7. The lowest BCUT2D eigenvalue weighted by Crippen LogP contribution is -2.23. The highest BCUT2D eigenvalue weighted by Crippen LogP contribution is 2.19. The van der Waals surface area contributed by atoms with E-state index in [2.05, 4.69) is 26.1 Å². The van der Waals surface area contributed by atoms with Crippen molar-refractivity contribution < 1.29 is 0 Å². The normalized spacial score (nSPS) is 12.2. The van der Waals surface area contributed by atoms with Crippen molar-refractivity contribution in [3.63, 3.8) is 0 Å². The van der Waals surface area contributed by atoms with Crippen LogP contribution in [0.15, 0.2) is 57.8 Å². The molecule has 2 heterocycles. The van der Waals surface area contributed by atoms with E-state index in [0.717, 1.165) is 21.2 Å². The Kier molecular flexibility index (Phi) is 3.78. The Morgan fingerprint density at radius 3 is 2.67 bits per heavy atom. The molecule has 0 aliphatic heterocycles. The maximum absolute atomic E-state index is 12.8. The highest BCUT2D eigenvalue weighted by molar-refractivity contribution is 9.10. The number of rotatable bonds is 2. The monoisotopic (exact) mass is 397 g/mol. The first-order valence-electron chi connectivity index (χ1n) is 7.34. The minimum atomic E-state index is -0.0839. The number of fused-ring (bicyclic) bond motifs is 1. The molecule has 0 unspecified atom stereocenters. The highest BCUT2D eigenvalue weighted by Gasteiger charge is 2.14. The second-order valence-corrected chi connectivity index (χ2v) is 7.40. The maximum Gasteiger partial charge on any atom is 0.276 e. The van der Waals surface area contributed by atoms with Gasteiger partial charge < -0.3 is 0 Å². The Labute approximate surface area is 150 Å². The van der Waals surface area contributed by atoms with Gasteiger partial charge in [-0.05, 0) is 36.8 Å². The first kappa shape index (κ1) is 15.2. The Balaban J connectivity index is 1.91. The number of halogens is 1. The number of aryl methyl sites for hydroxylation is 1. The molecular formula is C18H12BrN3OS. The van der Waals surface area contributed by atoms with E-state index in [0.29, 0.717) is 15.3 Å². The van der Waals surface area contributed by atoms with E-state index in [1.165, 1.54) is 11.3 Å². The summed E-state index contributed by atoms with van der Waals surface area (Å²) < 4.78 is 3.24. The van der Waals surface area contributed by atoms with Gasteiger partial charge in [0.15, 0.2) is 5.82 Å². The lowest BCUT2D eigenvalue weighted by molar-refractivity contribution is 1.09. The van der Waals surface area contributed by atoms with Gasteiger partial charge >= 0.3 is 0 Å². The Morgan fingerprint density at radius 1 is 1.12 bits per heavy atom. The van der Waals surface area contributed by atoms with E-state index < -0.39 is 0 Å². The molecule has 0 bridgehead atoms. The summed E-state index contributed by atoms with van der Waals surface area (Å²) in [6.07, 6.45) is 1.88. The van der Waals surface area contributed by atoms with E-state index in [4.69, 9.17) is 0 Å². The van der Waals surface area contributed by atoms with E-state index in [1.54, 1.807) is 4.40 Å². The molecule has 6 heteroatoms. The summed E-state index contributed by atoms with van der Waals surface area (Å²) in [6, 6.07) is 15.8. The van der Waals surface area contributed by atoms with Crippen LogP contribution in [-0.2, 0) is 0 Å². The fourth-order valence-electron chi connectivity index (χ4n) is 2.54. The van der Waals surface area contributed by atoms with Gasteiger partial charge in [-0.25, -0.2) is 4.40 Å². The summed E-state index contributed by atoms with van der Waals surface area (Å²) >= 11 is 4.77. The number of benzene rings is 2. The van der Waals surface area contributed by atoms with Gasteiger partial charge in [0, 0.05) is 10.0 Å². The van der Waals surface area contributed by atoms with Crippen LogP contribution in [-0.4, -0.2) is 14.6 Å². The van der Waals surface area contributed by atoms with Gasteiger partial charge in [-0.2, -0.15) is 0 Å².